The molecule has 17 heavy (non-hydrogen) atoms. The fourth-order valence-corrected chi connectivity index (χ4v) is 2.12. The number of hydrogen-bond acceptors (Lipinski definition) is 3. The molecule has 0 unspecified atom stereocenters. The molecule has 0 aromatic rings. The van der Waals surface area contributed by atoms with E-state index in [0.29, 0.717) is 5.92 Å². The van der Waals surface area contributed by atoms with Crippen LogP contribution >= 0.6 is 0 Å². The predicted molar refractivity (Wildman–Crippen MR) is 68.9 cm³/mol. The summed E-state index contributed by atoms with van der Waals surface area (Å²) in [6, 6.07) is 0. The minimum Gasteiger partial charge on any atom is -0.375 e. The van der Waals surface area contributed by atoms with E-state index in [4.69, 9.17) is 4.74 Å². The van der Waals surface area contributed by atoms with Crippen LogP contribution < -0.4 is 5.32 Å². The Morgan fingerprint density at radius 3 is 2.76 bits per heavy atom. The zero-order chi connectivity index (χ0) is 12.9. The number of piperidine rings is 1. The maximum atomic E-state index is 11.7. The molecule has 0 saturated carbocycles. The fourth-order valence-electron chi connectivity index (χ4n) is 2.12. The number of hydrogen-bond donors (Lipinski definition) is 1. The maximum Gasteiger partial charge on any atom is 0.248 e. The summed E-state index contributed by atoms with van der Waals surface area (Å²) in [5, 5.41) is 3.51. The van der Waals surface area contributed by atoms with E-state index in [9.17, 15) is 4.79 Å². The monoisotopic (exact) mass is 242 g/mol. The SMILES string of the molecule is COCC(=O)N1CCC[C@H](CNC(C)(C)C)C1. The van der Waals surface area contributed by atoms with Crippen LogP contribution in [0, 0.1) is 5.92 Å². The Balaban J connectivity index is 2.36. The van der Waals surface area contributed by atoms with Crippen LogP contribution in [0.5, 0.6) is 0 Å². The first kappa shape index (κ1) is 14.5. The van der Waals surface area contributed by atoms with Crippen LogP contribution in [0.15, 0.2) is 0 Å². The molecule has 100 valence electrons. The first-order valence-corrected chi connectivity index (χ1v) is 6.44. The summed E-state index contributed by atoms with van der Waals surface area (Å²) in [4.78, 5) is 13.7. The van der Waals surface area contributed by atoms with Gasteiger partial charge < -0.3 is 15.0 Å². The molecular weight excluding hydrogens is 216 g/mol. The van der Waals surface area contributed by atoms with Gasteiger partial charge in [-0.15, -0.1) is 0 Å². The van der Waals surface area contributed by atoms with Gasteiger partial charge in [0.2, 0.25) is 5.91 Å². The van der Waals surface area contributed by atoms with Gasteiger partial charge in [-0.25, -0.2) is 0 Å². The van der Waals surface area contributed by atoms with E-state index < -0.39 is 0 Å². The van der Waals surface area contributed by atoms with Crippen molar-refractivity contribution in [2.45, 2.75) is 39.2 Å². The zero-order valence-electron chi connectivity index (χ0n) is 11.6. The molecule has 1 aliphatic heterocycles. The van der Waals surface area contributed by atoms with E-state index in [0.717, 1.165) is 26.1 Å². The minimum atomic E-state index is 0.118. The van der Waals surface area contributed by atoms with Crippen LogP contribution in [0.1, 0.15) is 33.6 Å². The summed E-state index contributed by atoms with van der Waals surface area (Å²) < 4.78 is 4.90. The van der Waals surface area contributed by atoms with Gasteiger partial charge in [-0.3, -0.25) is 4.79 Å². The van der Waals surface area contributed by atoms with E-state index in [1.807, 2.05) is 4.90 Å². The van der Waals surface area contributed by atoms with Crippen LogP contribution in [0.2, 0.25) is 0 Å². The Labute approximate surface area is 105 Å². The molecule has 1 aliphatic rings. The molecule has 0 aromatic heterocycles. The van der Waals surface area contributed by atoms with Gasteiger partial charge in [0.1, 0.15) is 6.61 Å². The number of methoxy groups -OCH3 is 1. The molecular formula is C13H26N2O2. The molecule has 1 heterocycles. The van der Waals surface area contributed by atoms with Crippen molar-refractivity contribution < 1.29 is 9.53 Å². The molecule has 0 spiro atoms. The van der Waals surface area contributed by atoms with E-state index in [-0.39, 0.29) is 18.1 Å². The molecule has 0 aliphatic carbocycles. The van der Waals surface area contributed by atoms with Crippen molar-refractivity contribution >= 4 is 5.91 Å². The maximum absolute atomic E-state index is 11.7. The molecule has 1 fully saturated rings. The Morgan fingerprint density at radius 1 is 1.47 bits per heavy atom. The first-order valence-electron chi connectivity index (χ1n) is 6.44. The summed E-state index contributed by atoms with van der Waals surface area (Å²) in [6.07, 6.45) is 2.31. The third kappa shape index (κ3) is 5.50. The first-order chi connectivity index (χ1) is 7.92. The highest BCUT2D eigenvalue weighted by Crippen LogP contribution is 2.16. The van der Waals surface area contributed by atoms with Crippen LogP contribution in [-0.2, 0) is 9.53 Å². The second-order valence-corrected chi connectivity index (χ2v) is 5.91. The smallest absolute Gasteiger partial charge is 0.248 e. The normalized spacial score (nSPS) is 21.6. The topological polar surface area (TPSA) is 41.6 Å². The fraction of sp³-hybridized carbons (Fsp3) is 0.923. The summed E-state index contributed by atoms with van der Waals surface area (Å²) in [7, 11) is 1.57. The Morgan fingerprint density at radius 2 is 2.18 bits per heavy atom. The Bertz CT molecular complexity index is 248. The van der Waals surface area contributed by atoms with Crippen molar-refractivity contribution in [1.82, 2.24) is 10.2 Å². The molecule has 4 heteroatoms. The van der Waals surface area contributed by atoms with Crippen molar-refractivity contribution in [3.63, 3.8) is 0 Å². The standard InChI is InChI=1S/C13H26N2O2/c1-13(2,3)14-8-11-6-5-7-15(9-11)12(16)10-17-4/h11,14H,5-10H2,1-4H3/t11-/m1/s1. The average Bonchev–Trinajstić information content (AvgIpc) is 2.26. The van der Waals surface area contributed by atoms with Gasteiger partial charge in [0.25, 0.3) is 0 Å². The van der Waals surface area contributed by atoms with Gasteiger partial charge in [0, 0.05) is 32.3 Å². The van der Waals surface area contributed by atoms with Crippen LogP contribution in [0.25, 0.3) is 0 Å². The van der Waals surface area contributed by atoms with Crippen molar-refractivity contribution in [3.8, 4) is 0 Å². The summed E-state index contributed by atoms with van der Waals surface area (Å²) >= 11 is 0. The van der Waals surface area contributed by atoms with E-state index in [1.165, 1.54) is 6.42 Å². The predicted octanol–water partition coefficient (Wildman–Crippen LogP) is 1.26. The Kier molecular flexibility index (Phi) is 5.40. The summed E-state index contributed by atoms with van der Waals surface area (Å²) in [5.41, 5.74) is 0.152. The number of carbonyl (C=O) groups excluding carboxylic acids is 1. The quantitative estimate of drug-likeness (QED) is 0.807. The third-order valence-electron chi connectivity index (χ3n) is 3.06. The second-order valence-electron chi connectivity index (χ2n) is 5.91. The van der Waals surface area contributed by atoms with Crippen molar-refractivity contribution in [2.24, 2.45) is 5.92 Å². The molecule has 1 N–H and O–H groups in total. The molecule has 1 rings (SSSR count). The van der Waals surface area contributed by atoms with E-state index in [2.05, 4.69) is 26.1 Å². The molecule has 0 aromatic carbocycles. The summed E-state index contributed by atoms with van der Waals surface area (Å²) in [6.45, 7) is 9.45. The number of nitrogens with one attached hydrogen (secondary N) is 1. The van der Waals surface area contributed by atoms with Crippen LogP contribution in [0.3, 0.4) is 0 Å². The minimum absolute atomic E-state index is 0.118. The van der Waals surface area contributed by atoms with Gasteiger partial charge in [-0.05, 0) is 39.5 Å². The molecule has 0 bridgehead atoms. The van der Waals surface area contributed by atoms with Crippen molar-refractivity contribution in [2.75, 3.05) is 33.4 Å². The van der Waals surface area contributed by atoms with E-state index >= 15 is 0 Å². The number of amides is 1. The number of carbonyl (C=O) groups is 1. The number of nitrogens with zero attached hydrogens (tertiary/aromatic N) is 1. The average molecular weight is 242 g/mol. The molecule has 1 amide bonds. The summed E-state index contributed by atoms with van der Waals surface area (Å²) in [5.74, 6) is 0.691. The molecule has 1 atom stereocenters. The third-order valence-corrected chi connectivity index (χ3v) is 3.06. The lowest BCUT2D eigenvalue weighted by Gasteiger charge is -2.34. The number of ether oxygens (including phenoxy) is 1. The second kappa shape index (κ2) is 6.36. The molecule has 4 nitrogen and oxygen atoms in total. The van der Waals surface area contributed by atoms with Crippen LogP contribution in [-0.4, -0.2) is 49.7 Å². The largest absolute Gasteiger partial charge is 0.375 e. The van der Waals surface area contributed by atoms with Crippen molar-refractivity contribution in [1.29, 1.82) is 0 Å². The molecule has 1 saturated heterocycles. The van der Waals surface area contributed by atoms with E-state index in [1.54, 1.807) is 7.11 Å². The lowest BCUT2D eigenvalue weighted by Crippen LogP contribution is -2.47. The lowest BCUT2D eigenvalue weighted by molar-refractivity contribution is -0.136. The van der Waals surface area contributed by atoms with Gasteiger partial charge in [0.15, 0.2) is 0 Å². The number of likely N-dealkylation sites (tertiary alicyclic amines) is 1. The molecule has 0 radical (unpaired) electrons. The van der Waals surface area contributed by atoms with Gasteiger partial charge in [0.05, 0.1) is 0 Å². The Hall–Kier alpha value is -0.610. The van der Waals surface area contributed by atoms with Gasteiger partial charge >= 0.3 is 0 Å². The highest BCUT2D eigenvalue weighted by Gasteiger charge is 2.24. The highest BCUT2D eigenvalue weighted by molar-refractivity contribution is 5.77. The van der Waals surface area contributed by atoms with Gasteiger partial charge in [-0.1, -0.05) is 0 Å². The lowest BCUT2D eigenvalue weighted by atomic mass is 9.96. The van der Waals surface area contributed by atoms with Gasteiger partial charge in [-0.2, -0.15) is 0 Å². The highest BCUT2D eigenvalue weighted by atomic mass is 16.5. The zero-order valence-corrected chi connectivity index (χ0v) is 11.6. The number of rotatable bonds is 4. The van der Waals surface area contributed by atoms with Crippen LogP contribution in [0.4, 0.5) is 0 Å². The van der Waals surface area contributed by atoms with Crippen molar-refractivity contribution in [3.05, 3.63) is 0 Å².